The van der Waals surface area contributed by atoms with E-state index in [0.717, 1.165) is 39.2 Å². The van der Waals surface area contributed by atoms with Crippen LogP contribution >= 0.6 is 0 Å². The second kappa shape index (κ2) is 10.7. The summed E-state index contributed by atoms with van der Waals surface area (Å²) in [6, 6.07) is 9.97. The first-order chi connectivity index (χ1) is 16.9. The molecule has 36 heavy (non-hydrogen) atoms. The minimum Gasteiger partial charge on any atom is -0.354 e. The van der Waals surface area contributed by atoms with Gasteiger partial charge in [-0.05, 0) is 76.4 Å². The second-order valence-corrected chi connectivity index (χ2v) is 9.43. The Kier molecular flexibility index (Phi) is 7.87. The number of halogens is 1. The van der Waals surface area contributed by atoms with Crippen molar-refractivity contribution < 1.29 is 4.39 Å². The normalized spacial score (nSPS) is 11.5. The van der Waals surface area contributed by atoms with Crippen LogP contribution in [0.15, 0.2) is 72.3 Å². The molecule has 0 spiro atoms. The SMILES string of the molecule is C=C(C)c1cc(C)cc(C)c1NC(=C)c1cc(CN=NNC(=C)C(C)(C)F)nn1-c1ncccc1C. The molecule has 3 aromatic rings. The largest absolute Gasteiger partial charge is 0.354 e. The van der Waals surface area contributed by atoms with E-state index in [2.05, 4.69) is 71.8 Å². The fourth-order valence-corrected chi connectivity index (χ4v) is 3.60. The van der Waals surface area contributed by atoms with E-state index in [0.29, 0.717) is 17.2 Å². The van der Waals surface area contributed by atoms with Crippen LogP contribution in [-0.2, 0) is 6.54 Å². The summed E-state index contributed by atoms with van der Waals surface area (Å²) >= 11 is 0. The Bertz CT molecular complexity index is 1340. The number of allylic oxidation sites excluding steroid dienone is 2. The molecule has 2 aromatic heterocycles. The molecular formula is C28H34FN7. The number of alkyl halides is 1. The molecule has 0 aliphatic rings. The fraction of sp³-hybridized carbons (Fsp3) is 0.286. The lowest BCUT2D eigenvalue weighted by molar-refractivity contribution is 0.254. The van der Waals surface area contributed by atoms with E-state index in [1.807, 2.05) is 32.0 Å². The zero-order valence-electron chi connectivity index (χ0n) is 21.9. The molecule has 7 nitrogen and oxygen atoms in total. The van der Waals surface area contributed by atoms with Gasteiger partial charge in [0.15, 0.2) is 5.82 Å². The Morgan fingerprint density at radius 1 is 1.11 bits per heavy atom. The van der Waals surface area contributed by atoms with E-state index in [9.17, 15) is 4.39 Å². The number of nitrogens with one attached hydrogen (secondary N) is 2. The highest BCUT2D eigenvalue weighted by atomic mass is 19.1. The van der Waals surface area contributed by atoms with Crippen LogP contribution in [0.25, 0.3) is 17.1 Å². The highest BCUT2D eigenvalue weighted by molar-refractivity contribution is 5.84. The number of hydrogen-bond acceptors (Lipinski definition) is 5. The first-order valence-corrected chi connectivity index (χ1v) is 11.6. The van der Waals surface area contributed by atoms with Crippen molar-refractivity contribution in [1.29, 1.82) is 0 Å². The van der Waals surface area contributed by atoms with Gasteiger partial charge in [0.1, 0.15) is 12.2 Å². The number of aryl methyl sites for hydroxylation is 3. The summed E-state index contributed by atoms with van der Waals surface area (Å²) < 4.78 is 15.6. The second-order valence-electron chi connectivity index (χ2n) is 9.43. The topological polar surface area (TPSA) is 79.5 Å². The number of benzene rings is 1. The molecule has 0 saturated heterocycles. The third kappa shape index (κ3) is 6.13. The maximum Gasteiger partial charge on any atom is 0.156 e. The summed E-state index contributed by atoms with van der Waals surface area (Å²) in [5, 5.41) is 16.2. The molecule has 0 amide bonds. The van der Waals surface area contributed by atoms with E-state index in [1.165, 1.54) is 13.8 Å². The number of hydrogen-bond donors (Lipinski definition) is 2. The van der Waals surface area contributed by atoms with Crippen LogP contribution in [0.2, 0.25) is 0 Å². The van der Waals surface area contributed by atoms with Crippen molar-refractivity contribution in [3.63, 3.8) is 0 Å². The Morgan fingerprint density at radius 2 is 1.83 bits per heavy atom. The summed E-state index contributed by atoms with van der Waals surface area (Å²) in [6.07, 6.45) is 1.72. The van der Waals surface area contributed by atoms with Gasteiger partial charge >= 0.3 is 0 Å². The molecule has 0 aliphatic carbocycles. The van der Waals surface area contributed by atoms with E-state index in [4.69, 9.17) is 5.10 Å². The van der Waals surface area contributed by atoms with Gasteiger partial charge in [-0.1, -0.05) is 42.7 Å². The Morgan fingerprint density at radius 3 is 2.47 bits per heavy atom. The molecule has 0 saturated carbocycles. The van der Waals surface area contributed by atoms with Crippen molar-refractivity contribution in [2.45, 2.75) is 53.8 Å². The van der Waals surface area contributed by atoms with Gasteiger partial charge < -0.3 is 5.32 Å². The quantitative estimate of drug-likeness (QED) is 0.238. The smallest absolute Gasteiger partial charge is 0.156 e. The standard InChI is InChI=1S/C28H34FN7/c1-17(2)24-14-18(3)13-20(5)26(24)32-21(6)25-15-23(16-31-35-33-22(7)28(8,9)29)34-36(25)27-19(4)11-10-12-30-27/h10-15,32H,1,6-7,16H2,2-5,8-9H3,(H,31,33). The van der Waals surface area contributed by atoms with E-state index >= 15 is 0 Å². The van der Waals surface area contributed by atoms with Crippen LogP contribution in [-0.4, -0.2) is 20.4 Å². The van der Waals surface area contributed by atoms with Crippen LogP contribution < -0.4 is 10.7 Å². The lowest BCUT2D eigenvalue weighted by atomic mass is 9.99. The van der Waals surface area contributed by atoms with Gasteiger partial charge in [-0.15, -0.1) is 0 Å². The van der Waals surface area contributed by atoms with Gasteiger partial charge in [0.05, 0.1) is 22.8 Å². The minimum atomic E-state index is -1.61. The number of rotatable bonds is 10. The maximum atomic E-state index is 13.9. The zero-order valence-corrected chi connectivity index (χ0v) is 21.9. The van der Waals surface area contributed by atoms with Crippen LogP contribution in [0, 0.1) is 20.8 Å². The van der Waals surface area contributed by atoms with Crippen molar-refractivity contribution in [1.82, 2.24) is 20.2 Å². The predicted octanol–water partition coefficient (Wildman–Crippen LogP) is 7.03. The lowest BCUT2D eigenvalue weighted by Gasteiger charge is -2.18. The first-order valence-electron chi connectivity index (χ1n) is 11.6. The Labute approximate surface area is 212 Å². The van der Waals surface area contributed by atoms with Crippen LogP contribution in [0.3, 0.4) is 0 Å². The first kappa shape index (κ1) is 26.5. The average Bonchev–Trinajstić information content (AvgIpc) is 3.21. The van der Waals surface area contributed by atoms with Crippen LogP contribution in [0.4, 0.5) is 10.1 Å². The minimum absolute atomic E-state index is 0.126. The fourth-order valence-electron chi connectivity index (χ4n) is 3.60. The van der Waals surface area contributed by atoms with Gasteiger partial charge in [-0.2, -0.15) is 10.2 Å². The molecule has 188 valence electrons. The molecule has 0 fully saturated rings. The molecule has 0 bridgehead atoms. The molecular weight excluding hydrogens is 453 g/mol. The third-order valence-electron chi connectivity index (χ3n) is 5.67. The number of nitrogens with zero attached hydrogens (tertiary/aromatic N) is 5. The number of aromatic nitrogens is 3. The van der Waals surface area contributed by atoms with Gasteiger partial charge in [0.25, 0.3) is 0 Å². The van der Waals surface area contributed by atoms with Crippen molar-refractivity contribution in [2.75, 3.05) is 5.32 Å². The van der Waals surface area contributed by atoms with Gasteiger partial charge in [0, 0.05) is 17.4 Å². The van der Waals surface area contributed by atoms with Gasteiger partial charge in [0.2, 0.25) is 0 Å². The predicted molar refractivity (Wildman–Crippen MR) is 145 cm³/mol. The van der Waals surface area contributed by atoms with Crippen molar-refractivity contribution in [2.24, 2.45) is 10.3 Å². The summed E-state index contributed by atoms with van der Waals surface area (Å²) in [5.41, 5.74) is 9.23. The van der Waals surface area contributed by atoms with E-state index in [1.54, 1.807) is 10.9 Å². The molecule has 2 N–H and O–H groups in total. The Hall–Kier alpha value is -4.07. The highest BCUT2D eigenvalue weighted by Gasteiger charge is 2.20. The monoisotopic (exact) mass is 487 g/mol. The van der Waals surface area contributed by atoms with E-state index < -0.39 is 5.67 Å². The average molecular weight is 488 g/mol. The zero-order chi connectivity index (χ0) is 26.6. The van der Waals surface area contributed by atoms with Crippen molar-refractivity contribution in [3.8, 4) is 5.82 Å². The molecule has 0 aliphatic heterocycles. The summed E-state index contributed by atoms with van der Waals surface area (Å²) in [7, 11) is 0. The molecule has 3 rings (SSSR count). The lowest BCUT2D eigenvalue weighted by Crippen LogP contribution is -2.23. The third-order valence-corrected chi connectivity index (χ3v) is 5.67. The molecule has 0 radical (unpaired) electrons. The summed E-state index contributed by atoms with van der Waals surface area (Å²) in [4.78, 5) is 4.53. The molecule has 1 aromatic carbocycles. The molecule has 8 heteroatoms. The number of pyridine rings is 1. The van der Waals surface area contributed by atoms with Crippen LogP contribution in [0.5, 0.6) is 0 Å². The highest BCUT2D eigenvalue weighted by Crippen LogP contribution is 2.31. The van der Waals surface area contributed by atoms with Crippen LogP contribution in [0.1, 0.15) is 54.4 Å². The molecule has 0 unspecified atom stereocenters. The Balaban J connectivity index is 1.96. The van der Waals surface area contributed by atoms with Crippen molar-refractivity contribution >= 4 is 17.0 Å². The number of anilines is 1. The maximum absolute atomic E-state index is 13.9. The van der Waals surface area contributed by atoms with Gasteiger partial charge in [-0.3, -0.25) is 5.43 Å². The molecule has 2 heterocycles. The van der Waals surface area contributed by atoms with E-state index in [-0.39, 0.29) is 12.2 Å². The van der Waals surface area contributed by atoms with Crippen molar-refractivity contribution in [3.05, 3.63) is 95.6 Å². The van der Waals surface area contributed by atoms with Gasteiger partial charge in [-0.25, -0.2) is 14.1 Å². The summed E-state index contributed by atoms with van der Waals surface area (Å²) in [5.74, 6) is 0.685. The molecule has 0 atom stereocenters. The summed E-state index contributed by atoms with van der Waals surface area (Å²) in [6.45, 7) is 23.1.